The van der Waals surface area contributed by atoms with E-state index >= 15 is 0 Å². The molecule has 4 nitrogen and oxygen atoms in total. The first-order valence-electron chi connectivity index (χ1n) is 4.01. The fraction of sp³-hybridized carbons (Fsp3) is 0.625. The number of aliphatic hydroxyl groups is 1. The number of nitrogens with two attached hydrogens (primary N) is 1. The van der Waals surface area contributed by atoms with Gasteiger partial charge in [-0.2, -0.15) is 0 Å². The average Bonchev–Trinajstić information content (AvgIpc) is 2.49. The molecule has 2 unspecified atom stereocenters. The smallest absolute Gasteiger partial charge is 0.101 e. The fourth-order valence-electron chi connectivity index (χ4n) is 1.01. The van der Waals surface area contributed by atoms with E-state index in [1.165, 1.54) is 0 Å². The molecule has 0 aliphatic carbocycles. The van der Waals surface area contributed by atoms with Gasteiger partial charge in [-0.1, -0.05) is 6.92 Å². The Morgan fingerprint density at radius 1 is 1.75 bits per heavy atom. The molecule has 0 bridgehead atoms. The van der Waals surface area contributed by atoms with E-state index in [1.54, 1.807) is 12.5 Å². The van der Waals surface area contributed by atoms with Gasteiger partial charge in [0.2, 0.25) is 0 Å². The largest absolute Gasteiger partial charge is 0.386 e. The zero-order chi connectivity index (χ0) is 9.14. The maximum Gasteiger partial charge on any atom is 0.101 e. The van der Waals surface area contributed by atoms with E-state index in [1.807, 2.05) is 18.5 Å². The van der Waals surface area contributed by atoms with Crippen LogP contribution in [0.15, 0.2) is 12.5 Å². The van der Waals surface area contributed by atoms with Gasteiger partial charge in [0, 0.05) is 19.2 Å². The average molecular weight is 169 g/mol. The van der Waals surface area contributed by atoms with Crippen LogP contribution < -0.4 is 5.73 Å². The summed E-state index contributed by atoms with van der Waals surface area (Å²) in [6.07, 6.45) is 2.93. The van der Waals surface area contributed by atoms with Crippen molar-refractivity contribution in [1.29, 1.82) is 0 Å². The molecule has 0 spiro atoms. The molecule has 4 heteroatoms. The molecule has 1 heterocycles. The number of hydrogen-bond acceptors (Lipinski definition) is 3. The molecular weight excluding hydrogens is 154 g/mol. The van der Waals surface area contributed by atoms with Gasteiger partial charge in [0.05, 0.1) is 12.0 Å². The minimum Gasteiger partial charge on any atom is -0.386 e. The first kappa shape index (κ1) is 9.22. The topological polar surface area (TPSA) is 64.1 Å². The summed E-state index contributed by atoms with van der Waals surface area (Å²) >= 11 is 0. The van der Waals surface area contributed by atoms with Gasteiger partial charge in [-0.3, -0.25) is 0 Å². The zero-order valence-electron chi connectivity index (χ0n) is 7.44. The van der Waals surface area contributed by atoms with Crippen molar-refractivity contribution in [3.8, 4) is 0 Å². The van der Waals surface area contributed by atoms with Crippen molar-refractivity contribution >= 4 is 0 Å². The van der Waals surface area contributed by atoms with Crippen LogP contribution in [0.1, 0.15) is 18.7 Å². The number of hydrogen-bond donors (Lipinski definition) is 2. The van der Waals surface area contributed by atoms with Crippen LogP contribution in [0.3, 0.4) is 0 Å². The van der Waals surface area contributed by atoms with Crippen LogP contribution in [0.2, 0.25) is 0 Å². The lowest BCUT2D eigenvalue weighted by atomic mass is 10.0. The van der Waals surface area contributed by atoms with Crippen molar-refractivity contribution in [2.24, 2.45) is 18.7 Å². The summed E-state index contributed by atoms with van der Waals surface area (Å²) in [7, 11) is 1.87. The predicted molar refractivity (Wildman–Crippen MR) is 46.4 cm³/mol. The van der Waals surface area contributed by atoms with Crippen molar-refractivity contribution in [3.63, 3.8) is 0 Å². The van der Waals surface area contributed by atoms with Crippen LogP contribution in [-0.4, -0.2) is 21.2 Å². The highest BCUT2D eigenvalue weighted by molar-refractivity contribution is 5.01. The van der Waals surface area contributed by atoms with Crippen LogP contribution in [0.4, 0.5) is 0 Å². The van der Waals surface area contributed by atoms with Crippen LogP contribution in [0.5, 0.6) is 0 Å². The Morgan fingerprint density at radius 2 is 2.42 bits per heavy atom. The summed E-state index contributed by atoms with van der Waals surface area (Å²) in [6.45, 7) is 2.37. The zero-order valence-corrected chi connectivity index (χ0v) is 7.44. The molecule has 3 N–H and O–H groups in total. The Morgan fingerprint density at radius 3 is 2.83 bits per heavy atom. The van der Waals surface area contributed by atoms with E-state index in [0.29, 0.717) is 12.2 Å². The van der Waals surface area contributed by atoms with Crippen LogP contribution in [0, 0.1) is 5.92 Å². The number of imidazole rings is 1. The van der Waals surface area contributed by atoms with E-state index < -0.39 is 6.10 Å². The molecule has 2 atom stereocenters. The number of aliphatic hydroxyl groups excluding tert-OH is 1. The van der Waals surface area contributed by atoms with Crippen molar-refractivity contribution in [2.75, 3.05) is 6.54 Å². The molecule has 68 valence electrons. The standard InChI is InChI=1S/C8H15N3O/c1-6(3-9)8(12)7-4-11(2)5-10-7/h4-6,8,12H,3,9H2,1-2H3. The number of nitrogens with zero attached hydrogens (tertiary/aromatic N) is 2. The highest BCUT2D eigenvalue weighted by Gasteiger charge is 2.16. The van der Waals surface area contributed by atoms with E-state index in [9.17, 15) is 5.11 Å². The molecular formula is C8H15N3O. The second-order valence-electron chi connectivity index (χ2n) is 3.12. The van der Waals surface area contributed by atoms with Gasteiger partial charge in [-0.05, 0) is 6.54 Å². The lowest BCUT2D eigenvalue weighted by Crippen LogP contribution is -2.19. The van der Waals surface area contributed by atoms with Gasteiger partial charge >= 0.3 is 0 Å². The second kappa shape index (κ2) is 3.69. The number of aryl methyl sites for hydroxylation is 1. The molecule has 0 fully saturated rings. The summed E-state index contributed by atoms with van der Waals surface area (Å²) in [6, 6.07) is 0. The van der Waals surface area contributed by atoms with Crippen molar-refractivity contribution in [3.05, 3.63) is 18.2 Å². The molecule has 0 aliphatic rings. The van der Waals surface area contributed by atoms with Crippen molar-refractivity contribution in [1.82, 2.24) is 9.55 Å². The third kappa shape index (κ3) is 1.84. The van der Waals surface area contributed by atoms with Gasteiger partial charge in [-0.25, -0.2) is 4.98 Å². The fourth-order valence-corrected chi connectivity index (χ4v) is 1.01. The summed E-state index contributed by atoms with van der Waals surface area (Å²) in [5, 5.41) is 9.65. The Hall–Kier alpha value is -0.870. The third-order valence-corrected chi connectivity index (χ3v) is 1.94. The quantitative estimate of drug-likeness (QED) is 0.672. The molecule has 0 radical (unpaired) electrons. The van der Waals surface area contributed by atoms with Gasteiger partial charge in [0.25, 0.3) is 0 Å². The first-order chi connectivity index (χ1) is 5.65. The lowest BCUT2D eigenvalue weighted by Gasteiger charge is -2.13. The summed E-state index contributed by atoms with van der Waals surface area (Å²) in [5.41, 5.74) is 6.11. The first-order valence-corrected chi connectivity index (χ1v) is 4.01. The third-order valence-electron chi connectivity index (χ3n) is 1.94. The van der Waals surface area contributed by atoms with Gasteiger partial charge in [0.15, 0.2) is 0 Å². The number of rotatable bonds is 3. The Labute approximate surface area is 72.0 Å². The van der Waals surface area contributed by atoms with Gasteiger partial charge in [0.1, 0.15) is 6.10 Å². The van der Waals surface area contributed by atoms with Crippen LogP contribution in [0.25, 0.3) is 0 Å². The molecule has 1 aromatic heterocycles. The minimum absolute atomic E-state index is 0.0555. The van der Waals surface area contributed by atoms with Gasteiger partial charge < -0.3 is 15.4 Å². The van der Waals surface area contributed by atoms with Crippen LogP contribution in [-0.2, 0) is 7.05 Å². The molecule has 0 aromatic carbocycles. The molecule has 0 amide bonds. The van der Waals surface area contributed by atoms with E-state index in [4.69, 9.17) is 5.73 Å². The second-order valence-corrected chi connectivity index (χ2v) is 3.12. The van der Waals surface area contributed by atoms with Gasteiger partial charge in [-0.15, -0.1) is 0 Å². The number of aromatic nitrogens is 2. The van der Waals surface area contributed by atoms with Crippen LogP contribution >= 0.6 is 0 Å². The van der Waals surface area contributed by atoms with Crippen molar-refractivity contribution in [2.45, 2.75) is 13.0 Å². The summed E-state index contributed by atoms with van der Waals surface area (Å²) in [4.78, 5) is 4.04. The Kier molecular flexibility index (Phi) is 2.83. The monoisotopic (exact) mass is 169 g/mol. The lowest BCUT2D eigenvalue weighted by molar-refractivity contribution is 0.118. The molecule has 0 saturated carbocycles. The summed E-state index contributed by atoms with van der Waals surface area (Å²) in [5.74, 6) is 0.0555. The van der Waals surface area contributed by atoms with E-state index in [-0.39, 0.29) is 5.92 Å². The SMILES string of the molecule is CC(CN)C(O)c1cn(C)cn1. The minimum atomic E-state index is -0.545. The van der Waals surface area contributed by atoms with Crippen molar-refractivity contribution < 1.29 is 5.11 Å². The highest BCUT2D eigenvalue weighted by atomic mass is 16.3. The molecule has 1 rings (SSSR count). The summed E-state index contributed by atoms with van der Waals surface area (Å²) < 4.78 is 1.81. The van der Waals surface area contributed by atoms with E-state index in [2.05, 4.69) is 4.98 Å². The molecule has 1 aromatic rings. The molecule has 12 heavy (non-hydrogen) atoms. The molecule has 0 aliphatic heterocycles. The Balaban J connectivity index is 2.70. The predicted octanol–water partition coefficient (Wildman–Crippen LogP) is 0.0483. The maximum atomic E-state index is 9.65. The highest BCUT2D eigenvalue weighted by Crippen LogP contribution is 2.18. The Bertz CT molecular complexity index is 246. The normalized spacial score (nSPS) is 16.0. The maximum absolute atomic E-state index is 9.65. The molecule has 0 saturated heterocycles. The van der Waals surface area contributed by atoms with E-state index in [0.717, 1.165) is 0 Å².